The van der Waals surface area contributed by atoms with Crippen LogP contribution in [0.2, 0.25) is 0 Å². The number of benzene rings is 1. The lowest BCUT2D eigenvalue weighted by molar-refractivity contribution is 0.981. The first kappa shape index (κ1) is 8.94. The lowest BCUT2D eigenvalue weighted by Gasteiger charge is -2.05. The molecule has 1 aromatic rings. The Morgan fingerprint density at radius 3 is 2.75 bits per heavy atom. The Morgan fingerprint density at radius 1 is 1.42 bits per heavy atom. The third-order valence-electron chi connectivity index (χ3n) is 1.86. The van der Waals surface area contributed by atoms with Crippen molar-refractivity contribution in [1.82, 2.24) is 0 Å². The molecule has 1 rings (SSSR count). The number of aliphatic imine (C=N–C) groups is 1. The molecule has 2 nitrogen and oxygen atoms in total. The third-order valence-corrected chi connectivity index (χ3v) is 1.86. The second-order valence-corrected chi connectivity index (χ2v) is 2.86. The Kier molecular flexibility index (Phi) is 3.00. The molecule has 0 aliphatic heterocycles. The molecule has 0 fully saturated rings. The van der Waals surface area contributed by atoms with Crippen LogP contribution in [0.15, 0.2) is 23.2 Å². The number of hydrogen-bond donors (Lipinski definition) is 1. The van der Waals surface area contributed by atoms with Crippen LogP contribution in [0, 0.1) is 6.92 Å². The molecule has 0 radical (unpaired) electrons. The highest BCUT2D eigenvalue weighted by molar-refractivity contribution is 5.33. The van der Waals surface area contributed by atoms with Crippen molar-refractivity contribution in [3.05, 3.63) is 34.9 Å². The molecule has 2 N–H and O–H groups in total. The van der Waals surface area contributed by atoms with E-state index in [4.69, 9.17) is 5.73 Å². The van der Waals surface area contributed by atoms with Gasteiger partial charge in [0.05, 0.1) is 6.54 Å². The van der Waals surface area contributed by atoms with Gasteiger partial charge in [-0.1, -0.05) is 23.8 Å². The summed E-state index contributed by atoms with van der Waals surface area (Å²) < 4.78 is 0. The summed E-state index contributed by atoms with van der Waals surface area (Å²) in [4.78, 5) is 3.84. The van der Waals surface area contributed by atoms with Crippen molar-refractivity contribution in [3.8, 4) is 0 Å². The first-order valence-corrected chi connectivity index (χ1v) is 3.99. The van der Waals surface area contributed by atoms with Crippen LogP contribution in [0.25, 0.3) is 0 Å². The Labute approximate surface area is 73.1 Å². The molecule has 0 saturated heterocycles. The maximum absolute atomic E-state index is 5.59. The van der Waals surface area contributed by atoms with Gasteiger partial charge in [-0.3, -0.25) is 4.99 Å². The Morgan fingerprint density at radius 2 is 2.17 bits per heavy atom. The molecule has 0 atom stereocenters. The monoisotopic (exact) mass is 162 g/mol. The van der Waals surface area contributed by atoms with Crippen molar-refractivity contribution < 1.29 is 0 Å². The zero-order valence-electron chi connectivity index (χ0n) is 7.38. The molecule has 0 amide bonds. The van der Waals surface area contributed by atoms with Crippen LogP contribution in [0.5, 0.6) is 0 Å². The molecule has 0 aromatic heterocycles. The molecule has 0 bridgehead atoms. The lowest BCUT2D eigenvalue weighted by Crippen LogP contribution is -2.01. The molecule has 0 heterocycles. The van der Waals surface area contributed by atoms with Crippen LogP contribution in [-0.4, -0.2) is 6.72 Å². The van der Waals surface area contributed by atoms with Gasteiger partial charge < -0.3 is 5.73 Å². The second kappa shape index (κ2) is 4.02. The summed E-state index contributed by atoms with van der Waals surface area (Å²) in [5, 5.41) is 0. The number of nitrogens with zero attached hydrogens (tertiary/aromatic N) is 1. The molecule has 0 unspecified atom stereocenters. The summed E-state index contributed by atoms with van der Waals surface area (Å²) in [6.45, 7) is 6.76. The smallest absolute Gasteiger partial charge is 0.0635 e. The van der Waals surface area contributed by atoms with Gasteiger partial charge in [0.1, 0.15) is 0 Å². The highest BCUT2D eigenvalue weighted by atomic mass is 14.7. The predicted molar refractivity (Wildman–Crippen MR) is 52.3 cm³/mol. The van der Waals surface area contributed by atoms with Crippen molar-refractivity contribution in [1.29, 1.82) is 0 Å². The van der Waals surface area contributed by atoms with Crippen LogP contribution >= 0.6 is 0 Å². The minimum absolute atomic E-state index is 0.576. The molecule has 0 saturated carbocycles. The first-order chi connectivity index (χ1) is 5.77. The van der Waals surface area contributed by atoms with Gasteiger partial charge in [-0.2, -0.15) is 0 Å². The van der Waals surface area contributed by atoms with Crippen LogP contribution in [0.1, 0.15) is 16.7 Å². The highest BCUT2D eigenvalue weighted by Crippen LogP contribution is 2.11. The minimum Gasteiger partial charge on any atom is -0.326 e. The average molecular weight is 162 g/mol. The van der Waals surface area contributed by atoms with E-state index in [1.165, 1.54) is 16.7 Å². The predicted octanol–water partition coefficient (Wildman–Crippen LogP) is 1.65. The van der Waals surface area contributed by atoms with E-state index in [0.29, 0.717) is 13.1 Å². The average Bonchev–Trinajstić information content (AvgIpc) is 2.08. The molecular formula is C10H14N2. The van der Waals surface area contributed by atoms with E-state index in [1.807, 2.05) is 0 Å². The standard InChI is InChI=1S/C10H14N2/c1-8-3-4-9(7-12-2)10(5-8)6-11/h3-5H,2,6-7,11H2,1H3. The van der Waals surface area contributed by atoms with Gasteiger partial charge in [-0.25, -0.2) is 0 Å². The van der Waals surface area contributed by atoms with Crippen molar-refractivity contribution >= 4 is 6.72 Å². The van der Waals surface area contributed by atoms with Crippen LogP contribution in [-0.2, 0) is 13.1 Å². The van der Waals surface area contributed by atoms with Gasteiger partial charge in [-0.05, 0) is 24.8 Å². The Balaban J connectivity index is 3.01. The van der Waals surface area contributed by atoms with Gasteiger partial charge in [0.15, 0.2) is 0 Å². The quantitative estimate of drug-likeness (QED) is 0.674. The van der Waals surface area contributed by atoms with Gasteiger partial charge in [0, 0.05) is 6.54 Å². The summed E-state index contributed by atoms with van der Waals surface area (Å²) in [5.74, 6) is 0. The van der Waals surface area contributed by atoms with E-state index in [2.05, 4.69) is 36.8 Å². The SMILES string of the molecule is C=NCc1ccc(C)cc1CN. The van der Waals surface area contributed by atoms with Crippen molar-refractivity contribution in [2.24, 2.45) is 10.7 Å². The zero-order valence-corrected chi connectivity index (χ0v) is 7.38. The van der Waals surface area contributed by atoms with Crippen LogP contribution in [0.3, 0.4) is 0 Å². The van der Waals surface area contributed by atoms with Crippen molar-refractivity contribution in [2.45, 2.75) is 20.0 Å². The first-order valence-electron chi connectivity index (χ1n) is 3.99. The number of aryl methyl sites for hydroxylation is 1. The number of nitrogens with two attached hydrogens (primary N) is 1. The Bertz CT molecular complexity index is 279. The summed E-state index contributed by atoms with van der Waals surface area (Å²) >= 11 is 0. The van der Waals surface area contributed by atoms with Crippen LogP contribution < -0.4 is 5.73 Å². The van der Waals surface area contributed by atoms with Crippen molar-refractivity contribution in [3.63, 3.8) is 0 Å². The van der Waals surface area contributed by atoms with Crippen LogP contribution in [0.4, 0.5) is 0 Å². The normalized spacial score (nSPS) is 9.83. The summed E-state index contributed by atoms with van der Waals surface area (Å²) in [6.07, 6.45) is 0. The molecular weight excluding hydrogens is 148 g/mol. The maximum Gasteiger partial charge on any atom is 0.0635 e. The van der Waals surface area contributed by atoms with E-state index in [-0.39, 0.29) is 0 Å². The fraction of sp³-hybridized carbons (Fsp3) is 0.300. The van der Waals surface area contributed by atoms with Crippen molar-refractivity contribution in [2.75, 3.05) is 0 Å². The maximum atomic E-state index is 5.59. The summed E-state index contributed by atoms with van der Waals surface area (Å²) in [6, 6.07) is 6.23. The second-order valence-electron chi connectivity index (χ2n) is 2.86. The zero-order chi connectivity index (χ0) is 8.97. The fourth-order valence-electron chi connectivity index (χ4n) is 1.22. The topological polar surface area (TPSA) is 38.4 Å². The largest absolute Gasteiger partial charge is 0.326 e. The Hall–Kier alpha value is -1.15. The molecule has 1 aromatic carbocycles. The number of rotatable bonds is 3. The van der Waals surface area contributed by atoms with E-state index in [0.717, 1.165) is 0 Å². The summed E-state index contributed by atoms with van der Waals surface area (Å²) in [7, 11) is 0. The lowest BCUT2D eigenvalue weighted by atomic mass is 10.0. The fourth-order valence-corrected chi connectivity index (χ4v) is 1.22. The third kappa shape index (κ3) is 1.92. The molecule has 64 valence electrons. The van der Waals surface area contributed by atoms with Gasteiger partial charge in [-0.15, -0.1) is 0 Å². The summed E-state index contributed by atoms with van der Waals surface area (Å²) in [5.41, 5.74) is 9.17. The minimum atomic E-state index is 0.576. The van der Waals surface area contributed by atoms with Gasteiger partial charge in [0.2, 0.25) is 0 Å². The molecule has 0 aliphatic carbocycles. The molecule has 12 heavy (non-hydrogen) atoms. The molecule has 0 spiro atoms. The molecule has 2 heteroatoms. The van der Waals surface area contributed by atoms with E-state index < -0.39 is 0 Å². The highest BCUT2D eigenvalue weighted by Gasteiger charge is 1.98. The van der Waals surface area contributed by atoms with E-state index in [1.54, 1.807) is 0 Å². The van der Waals surface area contributed by atoms with Gasteiger partial charge >= 0.3 is 0 Å². The van der Waals surface area contributed by atoms with E-state index >= 15 is 0 Å². The molecule has 0 aliphatic rings. The number of hydrogen-bond acceptors (Lipinski definition) is 2. The van der Waals surface area contributed by atoms with E-state index in [9.17, 15) is 0 Å². The van der Waals surface area contributed by atoms with Gasteiger partial charge in [0.25, 0.3) is 0 Å².